The Labute approximate surface area is 178 Å². The molecule has 3 aromatic carbocycles. The number of hydrogen-bond acceptors (Lipinski definition) is 3. The first kappa shape index (κ1) is 20.2. The van der Waals surface area contributed by atoms with Gasteiger partial charge in [0.25, 0.3) is 0 Å². The number of rotatable bonds is 4. The van der Waals surface area contributed by atoms with E-state index in [0.29, 0.717) is 0 Å². The molecule has 3 aromatic rings. The Balaban J connectivity index is 1.36. The molecule has 0 saturated heterocycles. The first-order chi connectivity index (χ1) is 15.1. The number of amides is 1. The Morgan fingerprint density at radius 3 is 2.26 bits per heavy atom. The number of aromatic carboxylic acids is 1. The summed E-state index contributed by atoms with van der Waals surface area (Å²) in [5, 5.41) is 11.5. The molecule has 31 heavy (non-hydrogen) atoms. The minimum Gasteiger partial charge on any atom is -0.478 e. The molecule has 4 rings (SSSR count). The van der Waals surface area contributed by atoms with Crippen molar-refractivity contribution < 1.29 is 23.8 Å². The maximum atomic E-state index is 14.0. The SMILES string of the molecule is O=C(NCC#Cc1cccc(C(=O)O)c1F)OCC1c2ccccc2-c2ccccc21. The molecule has 1 aliphatic rings. The first-order valence-corrected chi connectivity index (χ1v) is 9.66. The van der Waals surface area contributed by atoms with Crippen molar-refractivity contribution in [2.45, 2.75) is 5.92 Å². The lowest BCUT2D eigenvalue weighted by Gasteiger charge is -2.14. The van der Waals surface area contributed by atoms with Crippen LogP contribution >= 0.6 is 0 Å². The summed E-state index contributed by atoms with van der Waals surface area (Å²) in [5.74, 6) is 2.83. The molecule has 2 N–H and O–H groups in total. The van der Waals surface area contributed by atoms with Gasteiger partial charge in [0.2, 0.25) is 0 Å². The zero-order chi connectivity index (χ0) is 21.8. The fraction of sp³-hybridized carbons (Fsp3) is 0.120. The number of benzene rings is 3. The highest BCUT2D eigenvalue weighted by Crippen LogP contribution is 2.44. The van der Waals surface area contributed by atoms with Gasteiger partial charge in [0.05, 0.1) is 17.7 Å². The minimum atomic E-state index is -1.36. The number of ether oxygens (including phenoxy) is 1. The second-order valence-corrected chi connectivity index (χ2v) is 6.95. The molecule has 5 nitrogen and oxygen atoms in total. The highest BCUT2D eigenvalue weighted by molar-refractivity contribution is 5.88. The van der Waals surface area contributed by atoms with Crippen molar-refractivity contribution in [3.05, 3.63) is 94.8 Å². The average Bonchev–Trinajstić information content (AvgIpc) is 3.10. The van der Waals surface area contributed by atoms with E-state index in [0.717, 1.165) is 28.3 Å². The standard InChI is InChI=1S/C25H18FNO4/c26-23-16(7-5-13-21(23)24(28)29)8-6-14-27-25(30)31-15-22-19-11-3-1-9-17(19)18-10-2-4-12-20(18)22/h1-5,7,9-13,22H,14-15H2,(H,27,30)(H,28,29). The van der Waals surface area contributed by atoms with Crippen LogP contribution in [0.15, 0.2) is 66.7 Å². The van der Waals surface area contributed by atoms with Crippen LogP contribution in [0, 0.1) is 17.7 Å². The van der Waals surface area contributed by atoms with Crippen molar-refractivity contribution >= 4 is 12.1 Å². The zero-order valence-electron chi connectivity index (χ0n) is 16.4. The number of carbonyl (C=O) groups is 2. The van der Waals surface area contributed by atoms with E-state index in [1.54, 1.807) is 0 Å². The third kappa shape index (κ3) is 4.12. The minimum absolute atomic E-state index is 0.0444. The Bertz CT molecular complexity index is 1180. The molecule has 1 aliphatic carbocycles. The number of carboxylic acid groups (broad SMARTS) is 1. The molecule has 154 valence electrons. The van der Waals surface area contributed by atoms with Crippen LogP contribution in [0.2, 0.25) is 0 Å². The summed E-state index contributed by atoms with van der Waals surface area (Å²) in [7, 11) is 0. The van der Waals surface area contributed by atoms with Crippen molar-refractivity contribution in [3.63, 3.8) is 0 Å². The van der Waals surface area contributed by atoms with Gasteiger partial charge < -0.3 is 15.2 Å². The normalized spacial score (nSPS) is 11.6. The first-order valence-electron chi connectivity index (χ1n) is 9.66. The Morgan fingerprint density at radius 2 is 1.61 bits per heavy atom. The van der Waals surface area contributed by atoms with E-state index in [-0.39, 0.29) is 24.6 Å². The van der Waals surface area contributed by atoms with Crippen molar-refractivity contribution in [1.82, 2.24) is 5.32 Å². The van der Waals surface area contributed by atoms with Crippen molar-refractivity contribution in [2.75, 3.05) is 13.2 Å². The molecule has 0 fully saturated rings. The van der Waals surface area contributed by atoms with Gasteiger partial charge in [-0.15, -0.1) is 0 Å². The number of carbonyl (C=O) groups excluding carboxylic acids is 1. The summed E-state index contributed by atoms with van der Waals surface area (Å²) < 4.78 is 19.4. The summed E-state index contributed by atoms with van der Waals surface area (Å²) in [6.07, 6.45) is -0.629. The van der Waals surface area contributed by atoms with E-state index in [4.69, 9.17) is 9.84 Å². The number of fused-ring (bicyclic) bond motifs is 3. The van der Waals surface area contributed by atoms with Crippen molar-refractivity contribution in [3.8, 4) is 23.0 Å². The summed E-state index contributed by atoms with van der Waals surface area (Å²) in [5.41, 5.74) is 4.02. The van der Waals surface area contributed by atoms with Gasteiger partial charge in [-0.2, -0.15) is 0 Å². The van der Waals surface area contributed by atoms with Crippen LogP contribution in [0.5, 0.6) is 0 Å². The molecule has 0 radical (unpaired) electrons. The molecule has 0 bridgehead atoms. The fourth-order valence-corrected chi connectivity index (χ4v) is 3.70. The topological polar surface area (TPSA) is 75.6 Å². The molecule has 6 heteroatoms. The maximum absolute atomic E-state index is 14.0. The lowest BCUT2D eigenvalue weighted by atomic mass is 9.98. The molecule has 0 aliphatic heterocycles. The maximum Gasteiger partial charge on any atom is 0.407 e. The van der Waals surface area contributed by atoms with Gasteiger partial charge in [-0.05, 0) is 34.4 Å². The van der Waals surface area contributed by atoms with E-state index in [1.807, 2.05) is 36.4 Å². The van der Waals surface area contributed by atoms with Crippen LogP contribution in [-0.4, -0.2) is 30.3 Å². The molecule has 0 aromatic heterocycles. The van der Waals surface area contributed by atoms with Crippen molar-refractivity contribution in [1.29, 1.82) is 0 Å². The highest BCUT2D eigenvalue weighted by atomic mass is 19.1. The summed E-state index contributed by atoms with van der Waals surface area (Å²) >= 11 is 0. The van der Waals surface area contributed by atoms with E-state index in [2.05, 4.69) is 29.3 Å². The fourth-order valence-electron chi connectivity index (χ4n) is 3.70. The average molecular weight is 415 g/mol. The van der Waals surface area contributed by atoms with Crippen LogP contribution in [0.4, 0.5) is 9.18 Å². The van der Waals surface area contributed by atoms with Crippen LogP contribution < -0.4 is 5.32 Å². The summed E-state index contributed by atoms with van der Waals surface area (Å²) in [4.78, 5) is 23.1. The van der Waals surface area contributed by atoms with Crippen LogP contribution in [-0.2, 0) is 4.74 Å². The Morgan fingerprint density at radius 1 is 0.968 bits per heavy atom. The number of hydrogen-bond donors (Lipinski definition) is 2. The van der Waals surface area contributed by atoms with Gasteiger partial charge in [-0.1, -0.05) is 66.4 Å². The second-order valence-electron chi connectivity index (χ2n) is 6.95. The predicted molar refractivity (Wildman–Crippen MR) is 113 cm³/mol. The second kappa shape index (κ2) is 8.72. The lowest BCUT2D eigenvalue weighted by Crippen LogP contribution is -2.26. The van der Waals surface area contributed by atoms with Crippen LogP contribution in [0.1, 0.15) is 33.0 Å². The van der Waals surface area contributed by atoms with E-state index in [9.17, 15) is 14.0 Å². The molecule has 0 unspecified atom stereocenters. The number of halogens is 1. The van der Waals surface area contributed by atoms with E-state index in [1.165, 1.54) is 12.1 Å². The lowest BCUT2D eigenvalue weighted by molar-refractivity contribution is 0.0691. The van der Waals surface area contributed by atoms with E-state index < -0.39 is 23.4 Å². The molecule has 1 amide bonds. The van der Waals surface area contributed by atoms with E-state index >= 15 is 0 Å². The molecular weight excluding hydrogens is 397 g/mol. The Kier molecular flexibility index (Phi) is 5.67. The zero-order valence-corrected chi connectivity index (χ0v) is 16.4. The van der Waals surface area contributed by atoms with Gasteiger partial charge in [0, 0.05) is 5.92 Å². The summed E-state index contributed by atoms with van der Waals surface area (Å²) in [6, 6.07) is 20.0. The largest absolute Gasteiger partial charge is 0.478 e. The van der Waals surface area contributed by atoms with Gasteiger partial charge in [-0.3, -0.25) is 0 Å². The predicted octanol–water partition coefficient (Wildman–Crippen LogP) is 4.41. The smallest absolute Gasteiger partial charge is 0.407 e. The monoisotopic (exact) mass is 415 g/mol. The van der Waals surface area contributed by atoms with Crippen LogP contribution in [0.25, 0.3) is 11.1 Å². The van der Waals surface area contributed by atoms with Gasteiger partial charge >= 0.3 is 12.1 Å². The molecule has 0 spiro atoms. The molecule has 0 atom stereocenters. The third-order valence-corrected chi connectivity index (χ3v) is 5.12. The molecule has 0 saturated carbocycles. The van der Waals surface area contributed by atoms with Gasteiger partial charge in [0.15, 0.2) is 5.82 Å². The third-order valence-electron chi connectivity index (χ3n) is 5.12. The number of carboxylic acids is 1. The van der Waals surface area contributed by atoms with Gasteiger partial charge in [-0.25, -0.2) is 14.0 Å². The van der Waals surface area contributed by atoms with Gasteiger partial charge in [0.1, 0.15) is 6.61 Å². The van der Waals surface area contributed by atoms with Crippen molar-refractivity contribution in [2.24, 2.45) is 0 Å². The highest BCUT2D eigenvalue weighted by Gasteiger charge is 2.28. The Hall–Kier alpha value is -4.11. The number of nitrogens with one attached hydrogen (secondary N) is 1. The summed E-state index contributed by atoms with van der Waals surface area (Å²) in [6.45, 7) is 0.121. The quantitative estimate of drug-likeness (QED) is 0.619. The van der Waals surface area contributed by atoms with Crippen LogP contribution in [0.3, 0.4) is 0 Å². The molecule has 0 heterocycles. The number of alkyl carbamates (subject to hydrolysis) is 1. The molecular formula is C25H18FNO4.